The van der Waals surface area contributed by atoms with Crippen LogP contribution in [0.4, 0.5) is 0 Å². The van der Waals surface area contributed by atoms with Crippen molar-refractivity contribution in [3.05, 3.63) is 0 Å². The van der Waals surface area contributed by atoms with Gasteiger partial charge in [-0.3, -0.25) is 4.79 Å². The molecule has 1 amide bonds. The summed E-state index contributed by atoms with van der Waals surface area (Å²) in [6, 6.07) is 0.114. The number of hydrogen-bond donors (Lipinski definition) is 1. The van der Waals surface area contributed by atoms with Gasteiger partial charge in [-0.1, -0.05) is 26.2 Å². The Hall–Kier alpha value is -0.660. The summed E-state index contributed by atoms with van der Waals surface area (Å²) in [5, 5.41) is 2.89. The van der Waals surface area contributed by atoms with E-state index in [9.17, 15) is 13.2 Å². The van der Waals surface area contributed by atoms with Crippen LogP contribution in [-0.2, 0) is 15.0 Å². The minimum atomic E-state index is -3.46. The van der Waals surface area contributed by atoms with E-state index in [1.807, 2.05) is 6.92 Å². The average molecular weight is 346 g/mol. The molecule has 23 heavy (non-hydrogen) atoms. The first-order valence-corrected chi connectivity index (χ1v) is 10.4. The lowest BCUT2D eigenvalue weighted by Gasteiger charge is -2.37. The molecule has 1 saturated heterocycles. The molecule has 2 rings (SSSR count). The van der Waals surface area contributed by atoms with Gasteiger partial charge in [-0.2, -0.15) is 17.0 Å². The molecule has 1 aliphatic carbocycles. The van der Waals surface area contributed by atoms with Crippen LogP contribution in [0.3, 0.4) is 0 Å². The maximum Gasteiger partial charge on any atom is 0.281 e. The molecule has 0 aromatic rings. The number of amides is 1. The van der Waals surface area contributed by atoms with Crippen molar-refractivity contribution in [1.29, 1.82) is 0 Å². The average Bonchev–Trinajstić information content (AvgIpc) is 2.59. The summed E-state index contributed by atoms with van der Waals surface area (Å²) in [5.74, 6) is -0.225. The number of carbonyl (C=O) groups is 1. The van der Waals surface area contributed by atoms with Gasteiger partial charge in [0.15, 0.2) is 0 Å². The lowest BCUT2D eigenvalue weighted by Crippen LogP contribution is -2.52. The van der Waals surface area contributed by atoms with Crippen molar-refractivity contribution in [2.75, 3.05) is 26.7 Å². The van der Waals surface area contributed by atoms with Crippen LogP contribution in [-0.4, -0.2) is 55.7 Å². The Bertz CT molecular complexity index is 489. The SMILES string of the molecule is CCCNC(=O)C1CCCN(S(=O)(=O)N(C)C2CCCCC2)C1. The van der Waals surface area contributed by atoms with Crippen LogP contribution in [0.25, 0.3) is 0 Å². The highest BCUT2D eigenvalue weighted by Crippen LogP contribution is 2.27. The third-order valence-electron chi connectivity index (χ3n) is 5.08. The standard InChI is InChI=1S/C16H31N3O3S/c1-3-11-17-16(20)14-8-7-12-19(13-14)23(21,22)18(2)15-9-5-4-6-10-15/h14-15H,3-13H2,1-2H3,(H,17,20). The fourth-order valence-electron chi connectivity index (χ4n) is 3.57. The van der Waals surface area contributed by atoms with Crippen LogP contribution < -0.4 is 5.32 Å². The first kappa shape index (κ1) is 18.7. The van der Waals surface area contributed by atoms with Crippen molar-refractivity contribution in [3.63, 3.8) is 0 Å². The molecule has 0 radical (unpaired) electrons. The Morgan fingerprint density at radius 1 is 1.17 bits per heavy atom. The third-order valence-corrected chi connectivity index (χ3v) is 7.09. The van der Waals surface area contributed by atoms with Crippen LogP contribution in [0.5, 0.6) is 0 Å². The molecule has 1 atom stereocenters. The van der Waals surface area contributed by atoms with Crippen LogP contribution in [0.2, 0.25) is 0 Å². The van der Waals surface area contributed by atoms with Crippen LogP contribution in [0.15, 0.2) is 0 Å². The Morgan fingerprint density at radius 3 is 2.52 bits per heavy atom. The molecular weight excluding hydrogens is 314 g/mol. The molecule has 1 N–H and O–H groups in total. The summed E-state index contributed by atoms with van der Waals surface area (Å²) in [6.07, 6.45) is 7.72. The summed E-state index contributed by atoms with van der Waals surface area (Å²) in [5.41, 5.74) is 0. The number of carbonyl (C=O) groups excluding carboxylic acids is 1. The minimum absolute atomic E-state index is 0.00734. The molecule has 2 fully saturated rings. The molecule has 134 valence electrons. The van der Waals surface area contributed by atoms with Crippen molar-refractivity contribution in [1.82, 2.24) is 13.9 Å². The molecule has 6 nitrogen and oxygen atoms in total. The smallest absolute Gasteiger partial charge is 0.281 e. The first-order valence-electron chi connectivity index (χ1n) is 8.97. The zero-order valence-electron chi connectivity index (χ0n) is 14.5. The predicted molar refractivity (Wildman–Crippen MR) is 91.2 cm³/mol. The van der Waals surface area contributed by atoms with Gasteiger partial charge in [0.2, 0.25) is 5.91 Å². The molecule has 2 aliphatic rings. The first-order chi connectivity index (χ1) is 11.0. The normalized spacial score (nSPS) is 24.7. The van der Waals surface area contributed by atoms with Crippen molar-refractivity contribution >= 4 is 16.1 Å². The number of piperidine rings is 1. The molecular formula is C16H31N3O3S. The van der Waals surface area contributed by atoms with Crippen molar-refractivity contribution in [2.24, 2.45) is 5.92 Å². The minimum Gasteiger partial charge on any atom is -0.356 e. The largest absolute Gasteiger partial charge is 0.356 e. The summed E-state index contributed by atoms with van der Waals surface area (Å²) >= 11 is 0. The van der Waals surface area contributed by atoms with Gasteiger partial charge in [0, 0.05) is 32.7 Å². The van der Waals surface area contributed by atoms with Gasteiger partial charge in [0.05, 0.1) is 5.92 Å². The van der Waals surface area contributed by atoms with E-state index in [1.54, 1.807) is 11.4 Å². The summed E-state index contributed by atoms with van der Waals surface area (Å²) < 4.78 is 28.8. The molecule has 0 aromatic carbocycles. The van der Waals surface area contributed by atoms with Crippen molar-refractivity contribution < 1.29 is 13.2 Å². The topological polar surface area (TPSA) is 69.7 Å². The molecule has 1 aliphatic heterocycles. The van der Waals surface area contributed by atoms with Gasteiger partial charge in [-0.05, 0) is 32.1 Å². The zero-order valence-corrected chi connectivity index (χ0v) is 15.3. The van der Waals surface area contributed by atoms with Gasteiger partial charge in [-0.25, -0.2) is 0 Å². The lowest BCUT2D eigenvalue weighted by atomic mass is 9.96. The zero-order chi connectivity index (χ0) is 16.9. The van der Waals surface area contributed by atoms with E-state index in [-0.39, 0.29) is 17.9 Å². The van der Waals surface area contributed by atoms with Gasteiger partial charge >= 0.3 is 0 Å². The Balaban J connectivity index is 1.99. The van der Waals surface area contributed by atoms with E-state index in [0.29, 0.717) is 19.6 Å². The second kappa shape index (κ2) is 8.44. The summed E-state index contributed by atoms with van der Waals surface area (Å²) in [7, 11) is -1.76. The summed E-state index contributed by atoms with van der Waals surface area (Å²) in [4.78, 5) is 12.2. The highest BCUT2D eigenvalue weighted by molar-refractivity contribution is 7.86. The van der Waals surface area contributed by atoms with Crippen LogP contribution in [0.1, 0.15) is 58.3 Å². The van der Waals surface area contributed by atoms with E-state index in [0.717, 1.165) is 44.9 Å². The number of hydrogen-bond acceptors (Lipinski definition) is 3. The van der Waals surface area contributed by atoms with Crippen molar-refractivity contribution in [2.45, 2.75) is 64.3 Å². The quantitative estimate of drug-likeness (QED) is 0.797. The maximum atomic E-state index is 12.9. The third kappa shape index (κ3) is 4.67. The van der Waals surface area contributed by atoms with Gasteiger partial charge < -0.3 is 5.32 Å². The molecule has 0 bridgehead atoms. The van der Waals surface area contributed by atoms with E-state index in [2.05, 4.69) is 5.32 Å². The van der Waals surface area contributed by atoms with E-state index in [1.165, 1.54) is 10.7 Å². The van der Waals surface area contributed by atoms with E-state index in [4.69, 9.17) is 0 Å². The molecule has 7 heteroatoms. The maximum absolute atomic E-state index is 12.9. The molecule has 1 heterocycles. The Kier molecular flexibility index (Phi) is 6.85. The second-order valence-corrected chi connectivity index (χ2v) is 8.79. The molecule has 1 unspecified atom stereocenters. The Morgan fingerprint density at radius 2 is 1.87 bits per heavy atom. The monoisotopic (exact) mass is 345 g/mol. The lowest BCUT2D eigenvalue weighted by molar-refractivity contribution is -0.126. The van der Waals surface area contributed by atoms with Gasteiger partial charge in [0.1, 0.15) is 0 Å². The van der Waals surface area contributed by atoms with Gasteiger partial charge in [0.25, 0.3) is 10.2 Å². The molecule has 1 saturated carbocycles. The number of nitrogens with zero attached hydrogens (tertiary/aromatic N) is 2. The highest BCUT2D eigenvalue weighted by atomic mass is 32.2. The second-order valence-electron chi connectivity index (χ2n) is 6.80. The van der Waals surface area contributed by atoms with Gasteiger partial charge in [-0.15, -0.1) is 0 Å². The molecule has 0 spiro atoms. The van der Waals surface area contributed by atoms with E-state index >= 15 is 0 Å². The van der Waals surface area contributed by atoms with Crippen LogP contribution >= 0.6 is 0 Å². The Labute approximate surface area is 140 Å². The predicted octanol–water partition coefficient (Wildman–Crippen LogP) is 1.73. The number of nitrogens with one attached hydrogen (secondary N) is 1. The van der Waals surface area contributed by atoms with Crippen molar-refractivity contribution in [3.8, 4) is 0 Å². The van der Waals surface area contributed by atoms with Crippen LogP contribution in [0, 0.1) is 5.92 Å². The molecule has 0 aromatic heterocycles. The fourth-order valence-corrected chi connectivity index (χ4v) is 5.25. The highest BCUT2D eigenvalue weighted by Gasteiger charge is 2.37. The fraction of sp³-hybridized carbons (Fsp3) is 0.938. The number of rotatable bonds is 6. The summed E-state index contributed by atoms with van der Waals surface area (Å²) in [6.45, 7) is 3.51. The van der Waals surface area contributed by atoms with E-state index < -0.39 is 10.2 Å².